The van der Waals surface area contributed by atoms with E-state index in [2.05, 4.69) is 43.3 Å². The Kier molecular flexibility index (Phi) is 3.76. The van der Waals surface area contributed by atoms with E-state index in [0.29, 0.717) is 0 Å². The van der Waals surface area contributed by atoms with Crippen molar-refractivity contribution in [2.45, 2.75) is 39.4 Å². The van der Waals surface area contributed by atoms with Gasteiger partial charge < -0.3 is 9.47 Å². The largest absolute Gasteiger partial charge is 0.350 e. The van der Waals surface area contributed by atoms with Crippen LogP contribution in [0.5, 0.6) is 0 Å². The zero-order chi connectivity index (χ0) is 14.9. The second-order valence-corrected chi connectivity index (χ2v) is 6.88. The van der Waals surface area contributed by atoms with Gasteiger partial charge in [-0.05, 0) is 44.7 Å². The van der Waals surface area contributed by atoms with Crippen LogP contribution in [0.3, 0.4) is 0 Å². The third kappa shape index (κ3) is 3.28. The van der Waals surface area contributed by atoms with Gasteiger partial charge in [-0.15, -0.1) is 0 Å². The fourth-order valence-corrected chi connectivity index (χ4v) is 3.20. The molecule has 0 saturated carbocycles. The number of rotatable bonds is 2. The van der Waals surface area contributed by atoms with Crippen LogP contribution in [0.2, 0.25) is 0 Å². The fraction of sp³-hybridized carbons (Fsp3) is 0.474. The summed E-state index contributed by atoms with van der Waals surface area (Å²) in [4.78, 5) is 0. The van der Waals surface area contributed by atoms with E-state index in [1.807, 2.05) is 19.9 Å². The normalized spacial score (nSPS) is 24.1. The Morgan fingerprint density at radius 1 is 0.952 bits per heavy atom. The molecule has 112 valence electrons. The zero-order valence-electron chi connectivity index (χ0n) is 13.2. The molecule has 0 radical (unpaired) electrons. The molecule has 3 rings (SSSR count). The number of hydrogen-bond donors (Lipinski definition) is 0. The van der Waals surface area contributed by atoms with Gasteiger partial charge in [0.15, 0.2) is 5.79 Å². The number of ether oxygens (including phenoxy) is 2. The first-order valence-electron chi connectivity index (χ1n) is 7.68. The quantitative estimate of drug-likeness (QED) is 0.791. The summed E-state index contributed by atoms with van der Waals surface area (Å²) in [7, 11) is 0. The van der Waals surface area contributed by atoms with Gasteiger partial charge in [0.1, 0.15) is 0 Å². The summed E-state index contributed by atoms with van der Waals surface area (Å²) >= 11 is 0. The van der Waals surface area contributed by atoms with E-state index in [4.69, 9.17) is 9.47 Å². The number of hydrogen-bond acceptors (Lipinski definition) is 2. The Hall–Kier alpha value is -1.38. The Morgan fingerprint density at radius 3 is 2.29 bits per heavy atom. The van der Waals surface area contributed by atoms with E-state index in [-0.39, 0.29) is 5.41 Å². The molecule has 0 unspecified atom stereocenters. The van der Waals surface area contributed by atoms with Gasteiger partial charge in [-0.25, -0.2) is 0 Å². The summed E-state index contributed by atoms with van der Waals surface area (Å²) in [6, 6.07) is 10.5. The molecular formula is C19H24O2. The third-order valence-electron chi connectivity index (χ3n) is 4.48. The SMILES string of the molecule is CC1=C(/C=C\c2ccccc2)CC2(COC(C)(C)OC2)C1. The Morgan fingerprint density at radius 2 is 1.62 bits per heavy atom. The van der Waals surface area contributed by atoms with Crippen LogP contribution >= 0.6 is 0 Å². The molecule has 0 N–H and O–H groups in total. The summed E-state index contributed by atoms with van der Waals surface area (Å²) in [6.07, 6.45) is 6.60. The first-order chi connectivity index (χ1) is 9.98. The van der Waals surface area contributed by atoms with E-state index in [1.54, 1.807) is 0 Å². The minimum absolute atomic E-state index is 0.149. The van der Waals surface area contributed by atoms with E-state index in [0.717, 1.165) is 26.1 Å². The van der Waals surface area contributed by atoms with E-state index in [1.165, 1.54) is 16.7 Å². The second kappa shape index (κ2) is 5.43. The van der Waals surface area contributed by atoms with Gasteiger partial charge in [0.25, 0.3) is 0 Å². The molecule has 1 aromatic rings. The molecule has 1 fully saturated rings. The minimum atomic E-state index is -0.429. The maximum Gasteiger partial charge on any atom is 0.162 e. The maximum atomic E-state index is 5.89. The van der Waals surface area contributed by atoms with Crippen molar-refractivity contribution in [3.05, 3.63) is 53.1 Å². The van der Waals surface area contributed by atoms with E-state index < -0.39 is 5.79 Å². The van der Waals surface area contributed by atoms with Crippen LogP contribution in [-0.4, -0.2) is 19.0 Å². The third-order valence-corrected chi connectivity index (χ3v) is 4.48. The van der Waals surface area contributed by atoms with E-state index >= 15 is 0 Å². The monoisotopic (exact) mass is 284 g/mol. The summed E-state index contributed by atoms with van der Waals surface area (Å²) in [5.41, 5.74) is 4.30. The van der Waals surface area contributed by atoms with Crippen LogP contribution in [-0.2, 0) is 9.47 Å². The van der Waals surface area contributed by atoms with Gasteiger partial charge in [0.05, 0.1) is 13.2 Å². The van der Waals surface area contributed by atoms with Crippen LogP contribution in [0.15, 0.2) is 47.6 Å². The minimum Gasteiger partial charge on any atom is -0.350 e. The van der Waals surface area contributed by atoms with Gasteiger partial charge in [0.2, 0.25) is 0 Å². The van der Waals surface area contributed by atoms with Crippen LogP contribution in [0.1, 0.15) is 39.2 Å². The Balaban J connectivity index is 1.69. The van der Waals surface area contributed by atoms with Crippen molar-refractivity contribution in [2.75, 3.05) is 13.2 Å². The predicted octanol–water partition coefficient (Wildman–Crippen LogP) is 4.58. The molecule has 0 atom stereocenters. The molecule has 0 aromatic heterocycles. The molecule has 0 amide bonds. The molecule has 21 heavy (non-hydrogen) atoms. The molecule has 2 nitrogen and oxygen atoms in total. The van der Waals surface area contributed by atoms with Crippen LogP contribution in [0.4, 0.5) is 0 Å². The van der Waals surface area contributed by atoms with Crippen molar-refractivity contribution in [3.63, 3.8) is 0 Å². The molecule has 1 aromatic carbocycles. The summed E-state index contributed by atoms with van der Waals surface area (Å²) in [5, 5.41) is 0. The van der Waals surface area contributed by atoms with Crippen molar-refractivity contribution < 1.29 is 9.47 Å². The second-order valence-electron chi connectivity index (χ2n) is 6.88. The summed E-state index contributed by atoms with van der Waals surface area (Å²) in [6.45, 7) is 7.80. The standard InChI is InChI=1S/C19H24O2/c1-15-11-19(13-20-18(2,3)21-14-19)12-17(15)10-9-16-7-5-4-6-8-16/h4-10H,11-14H2,1-3H3/b10-9-. The molecule has 1 saturated heterocycles. The highest BCUT2D eigenvalue weighted by Gasteiger charge is 2.43. The van der Waals surface area contributed by atoms with Crippen molar-refractivity contribution in [1.29, 1.82) is 0 Å². The lowest BCUT2D eigenvalue weighted by Gasteiger charge is -2.41. The first-order valence-corrected chi connectivity index (χ1v) is 7.68. The predicted molar refractivity (Wildman–Crippen MR) is 85.8 cm³/mol. The summed E-state index contributed by atoms with van der Waals surface area (Å²) in [5.74, 6) is -0.429. The Bertz CT molecular complexity index is 556. The lowest BCUT2D eigenvalue weighted by molar-refractivity contribution is -0.283. The van der Waals surface area contributed by atoms with Gasteiger partial charge in [0, 0.05) is 5.41 Å². The van der Waals surface area contributed by atoms with Gasteiger partial charge in [-0.2, -0.15) is 0 Å². The van der Waals surface area contributed by atoms with Crippen molar-refractivity contribution in [2.24, 2.45) is 5.41 Å². The van der Waals surface area contributed by atoms with Crippen LogP contribution in [0, 0.1) is 5.41 Å². The molecule has 1 spiro atoms. The zero-order valence-corrected chi connectivity index (χ0v) is 13.2. The highest BCUT2D eigenvalue weighted by atomic mass is 16.7. The number of benzene rings is 1. The Labute approximate surface area is 127 Å². The highest BCUT2D eigenvalue weighted by molar-refractivity contribution is 5.54. The topological polar surface area (TPSA) is 18.5 Å². The average Bonchev–Trinajstić information content (AvgIpc) is 2.78. The molecular weight excluding hydrogens is 260 g/mol. The lowest BCUT2D eigenvalue weighted by atomic mass is 9.84. The fourth-order valence-electron chi connectivity index (χ4n) is 3.20. The molecule has 0 bridgehead atoms. The smallest absolute Gasteiger partial charge is 0.162 e. The van der Waals surface area contributed by atoms with Crippen molar-refractivity contribution in [1.82, 2.24) is 0 Å². The summed E-state index contributed by atoms with van der Waals surface area (Å²) < 4.78 is 11.8. The van der Waals surface area contributed by atoms with Gasteiger partial charge in [-0.3, -0.25) is 0 Å². The lowest BCUT2D eigenvalue weighted by Crippen LogP contribution is -2.45. The molecule has 2 heteroatoms. The van der Waals surface area contributed by atoms with Crippen molar-refractivity contribution in [3.8, 4) is 0 Å². The molecule has 1 aliphatic heterocycles. The molecule has 1 aliphatic carbocycles. The van der Waals surface area contributed by atoms with Crippen molar-refractivity contribution >= 4 is 6.08 Å². The molecule has 1 heterocycles. The number of allylic oxidation sites excluding steroid dienone is 3. The highest BCUT2D eigenvalue weighted by Crippen LogP contribution is 2.46. The van der Waals surface area contributed by atoms with E-state index in [9.17, 15) is 0 Å². The average molecular weight is 284 g/mol. The first kappa shape index (κ1) is 14.6. The van der Waals surface area contributed by atoms with Gasteiger partial charge in [-0.1, -0.05) is 48.1 Å². The van der Waals surface area contributed by atoms with Crippen LogP contribution < -0.4 is 0 Å². The van der Waals surface area contributed by atoms with Crippen LogP contribution in [0.25, 0.3) is 6.08 Å². The molecule has 2 aliphatic rings. The maximum absolute atomic E-state index is 5.89. The van der Waals surface area contributed by atoms with Gasteiger partial charge >= 0.3 is 0 Å².